The Labute approximate surface area is 134 Å². The number of hydrogen-bond donors (Lipinski definition) is 1. The van der Waals surface area contributed by atoms with Crippen LogP contribution in [0.2, 0.25) is 0 Å². The zero-order chi connectivity index (χ0) is 16.4. The van der Waals surface area contributed by atoms with Gasteiger partial charge in [-0.2, -0.15) is 10.1 Å². The Morgan fingerprint density at radius 3 is 2.35 bits per heavy atom. The highest BCUT2D eigenvalue weighted by molar-refractivity contribution is 6.20. The van der Waals surface area contributed by atoms with Gasteiger partial charge in [0.25, 0.3) is 11.8 Å². The number of carbonyl (C=O) groups excluding carboxylic acids is 2. The van der Waals surface area contributed by atoms with Crippen LogP contribution in [0.5, 0.6) is 0 Å². The van der Waals surface area contributed by atoms with Gasteiger partial charge in [0.2, 0.25) is 0 Å². The Balaban J connectivity index is 1.77. The van der Waals surface area contributed by atoms with Crippen molar-refractivity contribution in [1.82, 2.24) is 5.32 Å². The van der Waals surface area contributed by atoms with Gasteiger partial charge in [-0.3, -0.25) is 9.59 Å². The van der Waals surface area contributed by atoms with E-state index in [2.05, 4.69) is 10.4 Å². The van der Waals surface area contributed by atoms with Crippen LogP contribution in [0.3, 0.4) is 0 Å². The van der Waals surface area contributed by atoms with Crippen LogP contribution >= 0.6 is 0 Å². The van der Waals surface area contributed by atoms with Gasteiger partial charge in [0, 0.05) is 5.56 Å². The molecule has 0 aromatic heterocycles. The fourth-order valence-corrected chi connectivity index (χ4v) is 2.41. The summed E-state index contributed by atoms with van der Waals surface area (Å²) in [5.74, 6) is -0.540. The molecule has 0 fully saturated rings. The number of hydrazone groups is 1. The highest BCUT2D eigenvalue weighted by Gasteiger charge is 2.35. The first-order chi connectivity index (χ1) is 11.1. The third kappa shape index (κ3) is 2.99. The summed E-state index contributed by atoms with van der Waals surface area (Å²) in [6.07, 6.45) is 0. The predicted molar refractivity (Wildman–Crippen MR) is 89.5 cm³/mol. The summed E-state index contributed by atoms with van der Waals surface area (Å²) in [7, 11) is 0. The molecule has 0 saturated heterocycles. The first kappa shape index (κ1) is 15.0. The van der Waals surface area contributed by atoms with Gasteiger partial charge in [-0.25, -0.2) is 0 Å². The maximum atomic E-state index is 12.5. The minimum absolute atomic E-state index is 0.255. The Hall–Kier alpha value is -2.95. The van der Waals surface area contributed by atoms with Crippen molar-refractivity contribution in [2.24, 2.45) is 5.10 Å². The summed E-state index contributed by atoms with van der Waals surface area (Å²) >= 11 is 0. The molecule has 116 valence electrons. The maximum Gasteiger partial charge on any atom is 0.275 e. The standard InChI is InChI=1S/C18H17N3O2/c1-12-8-10-14(11-9-12)17(22)19-16-13(2)20-21(18(16)23)15-6-4-3-5-7-15/h3-11,16H,1-2H3,(H,19,22). The molecule has 3 rings (SSSR count). The summed E-state index contributed by atoms with van der Waals surface area (Å²) in [5, 5.41) is 8.35. The Bertz CT molecular complexity index is 767. The second-order valence-corrected chi connectivity index (χ2v) is 5.50. The van der Waals surface area contributed by atoms with Gasteiger partial charge in [0.15, 0.2) is 6.04 Å². The van der Waals surface area contributed by atoms with Crippen LogP contribution in [-0.4, -0.2) is 23.6 Å². The largest absolute Gasteiger partial charge is 0.335 e. The number of nitrogens with one attached hydrogen (secondary N) is 1. The third-order valence-corrected chi connectivity index (χ3v) is 3.72. The zero-order valence-corrected chi connectivity index (χ0v) is 13.0. The average Bonchev–Trinajstić information content (AvgIpc) is 2.84. The predicted octanol–water partition coefficient (Wildman–Crippen LogP) is 2.52. The quantitative estimate of drug-likeness (QED) is 0.947. The van der Waals surface area contributed by atoms with Crippen molar-refractivity contribution < 1.29 is 9.59 Å². The van der Waals surface area contributed by atoms with Crippen molar-refractivity contribution in [3.8, 4) is 0 Å². The Kier molecular flexibility index (Phi) is 3.93. The van der Waals surface area contributed by atoms with Crippen molar-refractivity contribution in [2.75, 3.05) is 5.01 Å². The minimum Gasteiger partial charge on any atom is -0.335 e. The van der Waals surface area contributed by atoms with E-state index in [9.17, 15) is 9.59 Å². The summed E-state index contributed by atoms with van der Waals surface area (Å²) in [6.45, 7) is 3.69. The number of hydrogen-bond acceptors (Lipinski definition) is 3. The van der Waals surface area contributed by atoms with Gasteiger partial charge in [-0.15, -0.1) is 0 Å². The SMILES string of the molecule is CC1=NN(c2ccccc2)C(=O)C1NC(=O)c1ccc(C)cc1. The number of anilines is 1. The van der Waals surface area contributed by atoms with Crippen LogP contribution in [-0.2, 0) is 4.79 Å². The number of para-hydroxylation sites is 1. The van der Waals surface area contributed by atoms with Gasteiger partial charge >= 0.3 is 0 Å². The number of aryl methyl sites for hydroxylation is 1. The molecular formula is C18H17N3O2. The van der Waals surface area contributed by atoms with Crippen LogP contribution in [0.1, 0.15) is 22.8 Å². The lowest BCUT2D eigenvalue weighted by Gasteiger charge is -2.15. The first-order valence-corrected chi connectivity index (χ1v) is 7.38. The number of carbonyl (C=O) groups is 2. The van der Waals surface area contributed by atoms with E-state index in [4.69, 9.17) is 0 Å². The van der Waals surface area contributed by atoms with Crippen molar-refractivity contribution in [3.05, 3.63) is 65.7 Å². The summed E-state index contributed by atoms with van der Waals surface area (Å²) in [6, 6.07) is 15.6. The molecule has 0 saturated carbocycles. The molecule has 23 heavy (non-hydrogen) atoms. The number of amides is 2. The van der Waals surface area contributed by atoms with E-state index in [-0.39, 0.29) is 11.8 Å². The van der Waals surface area contributed by atoms with E-state index >= 15 is 0 Å². The third-order valence-electron chi connectivity index (χ3n) is 3.72. The molecule has 1 N–H and O–H groups in total. The smallest absolute Gasteiger partial charge is 0.275 e. The van der Waals surface area contributed by atoms with E-state index < -0.39 is 6.04 Å². The van der Waals surface area contributed by atoms with E-state index in [0.29, 0.717) is 17.0 Å². The highest BCUT2D eigenvalue weighted by atomic mass is 16.2. The normalized spacial score (nSPS) is 17.1. The molecule has 0 spiro atoms. The molecule has 1 atom stereocenters. The fourth-order valence-electron chi connectivity index (χ4n) is 2.41. The second-order valence-electron chi connectivity index (χ2n) is 5.50. The second kappa shape index (κ2) is 6.04. The molecule has 2 aromatic rings. The fraction of sp³-hybridized carbons (Fsp3) is 0.167. The molecule has 0 radical (unpaired) electrons. The summed E-state index contributed by atoms with van der Waals surface area (Å²) in [4.78, 5) is 24.8. The van der Waals surface area contributed by atoms with Crippen LogP contribution in [0.4, 0.5) is 5.69 Å². The molecule has 1 aliphatic heterocycles. The van der Waals surface area contributed by atoms with Gasteiger partial charge in [-0.1, -0.05) is 35.9 Å². The molecule has 1 aliphatic rings. The van der Waals surface area contributed by atoms with E-state index in [1.165, 1.54) is 5.01 Å². The van der Waals surface area contributed by atoms with Gasteiger partial charge in [0.05, 0.1) is 11.4 Å². The number of benzene rings is 2. The van der Waals surface area contributed by atoms with Crippen LogP contribution < -0.4 is 10.3 Å². The van der Waals surface area contributed by atoms with Gasteiger partial charge in [-0.05, 0) is 38.1 Å². The maximum absolute atomic E-state index is 12.5. The molecule has 2 aromatic carbocycles. The summed E-state index contributed by atoms with van der Waals surface area (Å²) < 4.78 is 0. The molecule has 0 bridgehead atoms. The van der Waals surface area contributed by atoms with E-state index in [1.807, 2.05) is 37.3 Å². The lowest BCUT2D eigenvalue weighted by Crippen LogP contribution is -2.45. The van der Waals surface area contributed by atoms with Crippen molar-refractivity contribution in [1.29, 1.82) is 0 Å². The van der Waals surface area contributed by atoms with Crippen molar-refractivity contribution in [2.45, 2.75) is 19.9 Å². The van der Waals surface area contributed by atoms with E-state index in [1.54, 1.807) is 31.2 Å². The highest BCUT2D eigenvalue weighted by Crippen LogP contribution is 2.20. The minimum atomic E-state index is -0.732. The monoisotopic (exact) mass is 307 g/mol. The Morgan fingerprint density at radius 2 is 1.70 bits per heavy atom. The van der Waals surface area contributed by atoms with Crippen molar-refractivity contribution >= 4 is 23.2 Å². The zero-order valence-electron chi connectivity index (χ0n) is 13.0. The van der Waals surface area contributed by atoms with Crippen LogP contribution in [0.25, 0.3) is 0 Å². The average molecular weight is 307 g/mol. The first-order valence-electron chi connectivity index (χ1n) is 7.38. The number of rotatable bonds is 3. The molecule has 0 aliphatic carbocycles. The van der Waals surface area contributed by atoms with Crippen LogP contribution in [0, 0.1) is 6.92 Å². The number of nitrogens with zero attached hydrogens (tertiary/aromatic N) is 2. The molecule has 5 nitrogen and oxygen atoms in total. The van der Waals surface area contributed by atoms with Gasteiger partial charge in [0.1, 0.15) is 0 Å². The molecule has 2 amide bonds. The van der Waals surface area contributed by atoms with Gasteiger partial charge < -0.3 is 5.32 Å². The lowest BCUT2D eigenvalue weighted by atomic mass is 10.1. The van der Waals surface area contributed by atoms with Crippen LogP contribution in [0.15, 0.2) is 59.7 Å². The topological polar surface area (TPSA) is 61.8 Å². The molecule has 5 heteroatoms. The Morgan fingerprint density at radius 1 is 1.04 bits per heavy atom. The molecule has 1 unspecified atom stereocenters. The summed E-state index contributed by atoms with van der Waals surface area (Å²) in [5.41, 5.74) is 2.85. The molecular weight excluding hydrogens is 290 g/mol. The molecule has 1 heterocycles. The van der Waals surface area contributed by atoms with Crippen molar-refractivity contribution in [3.63, 3.8) is 0 Å². The lowest BCUT2D eigenvalue weighted by molar-refractivity contribution is -0.118. The van der Waals surface area contributed by atoms with E-state index in [0.717, 1.165) is 5.56 Å².